The zero-order valence-corrected chi connectivity index (χ0v) is 19.0. The molecule has 3 aromatic heterocycles. The molecule has 0 unspecified atom stereocenters. The first-order chi connectivity index (χ1) is 15.0. The lowest BCUT2D eigenvalue weighted by molar-refractivity contribution is 0.462. The summed E-state index contributed by atoms with van der Waals surface area (Å²) >= 11 is 1.68. The lowest BCUT2D eigenvalue weighted by Crippen LogP contribution is -2.34. The molecule has 0 spiro atoms. The Morgan fingerprint density at radius 2 is 2.03 bits per heavy atom. The maximum atomic E-state index is 13.3. The first-order valence-corrected chi connectivity index (χ1v) is 11.6. The summed E-state index contributed by atoms with van der Waals surface area (Å²) in [5.74, 6) is 0. The number of nitrogens with one attached hydrogen (secondary N) is 1. The van der Waals surface area contributed by atoms with Gasteiger partial charge in [0.05, 0.1) is 24.0 Å². The van der Waals surface area contributed by atoms with Gasteiger partial charge in [-0.1, -0.05) is 29.8 Å². The van der Waals surface area contributed by atoms with Crippen LogP contribution in [0.2, 0.25) is 0 Å². The van der Waals surface area contributed by atoms with Crippen molar-refractivity contribution >= 4 is 21.6 Å². The summed E-state index contributed by atoms with van der Waals surface area (Å²) in [4.78, 5) is 20.1. The van der Waals surface area contributed by atoms with Gasteiger partial charge in [-0.3, -0.25) is 14.0 Å². The van der Waals surface area contributed by atoms with Crippen LogP contribution in [0.25, 0.3) is 10.2 Å². The molecular formula is C24H27N5OS. The summed E-state index contributed by atoms with van der Waals surface area (Å²) in [6.45, 7) is 5.50. The molecule has 4 aromatic rings. The Morgan fingerprint density at radius 3 is 2.77 bits per heavy atom. The number of thiophene rings is 1. The highest BCUT2D eigenvalue weighted by Crippen LogP contribution is 2.33. The zero-order chi connectivity index (χ0) is 21.5. The molecule has 0 saturated carbocycles. The molecule has 0 aliphatic heterocycles. The number of hydrogen-bond donors (Lipinski definition) is 1. The highest BCUT2D eigenvalue weighted by Gasteiger charge is 2.25. The number of aromatic nitrogens is 4. The van der Waals surface area contributed by atoms with E-state index in [0.717, 1.165) is 47.3 Å². The van der Waals surface area contributed by atoms with Crippen LogP contribution in [0.3, 0.4) is 0 Å². The molecule has 1 aliphatic rings. The number of benzene rings is 1. The second-order valence-corrected chi connectivity index (χ2v) is 9.66. The van der Waals surface area contributed by atoms with Gasteiger partial charge in [0.2, 0.25) is 0 Å². The van der Waals surface area contributed by atoms with Crippen LogP contribution in [0.4, 0.5) is 0 Å². The van der Waals surface area contributed by atoms with Gasteiger partial charge in [0.15, 0.2) is 0 Å². The maximum Gasteiger partial charge on any atom is 0.262 e. The van der Waals surface area contributed by atoms with Crippen LogP contribution in [-0.4, -0.2) is 25.4 Å². The maximum absolute atomic E-state index is 13.3. The number of fused-ring (bicyclic) bond motifs is 3. The predicted octanol–water partition coefficient (Wildman–Crippen LogP) is 3.50. The van der Waals surface area contributed by atoms with Gasteiger partial charge in [0.25, 0.3) is 5.56 Å². The van der Waals surface area contributed by atoms with Crippen LogP contribution in [-0.2, 0) is 33.0 Å². The molecule has 0 fully saturated rings. The Bertz CT molecular complexity index is 1300. The van der Waals surface area contributed by atoms with Crippen molar-refractivity contribution in [2.45, 2.75) is 52.2 Å². The van der Waals surface area contributed by atoms with E-state index in [-0.39, 0.29) is 5.56 Å². The van der Waals surface area contributed by atoms with E-state index in [1.165, 1.54) is 21.6 Å². The average Bonchev–Trinajstić information content (AvgIpc) is 3.28. The van der Waals surface area contributed by atoms with Crippen LogP contribution in [0, 0.1) is 13.8 Å². The van der Waals surface area contributed by atoms with Crippen LogP contribution in [0.5, 0.6) is 0 Å². The van der Waals surface area contributed by atoms with Gasteiger partial charge in [0, 0.05) is 36.3 Å². The second-order valence-electron chi connectivity index (χ2n) is 8.58. The van der Waals surface area contributed by atoms with Crippen LogP contribution < -0.4 is 10.9 Å². The van der Waals surface area contributed by atoms with Crippen molar-refractivity contribution in [3.63, 3.8) is 0 Å². The zero-order valence-electron chi connectivity index (χ0n) is 18.2. The van der Waals surface area contributed by atoms with Crippen LogP contribution >= 0.6 is 11.3 Å². The molecule has 0 amide bonds. The van der Waals surface area contributed by atoms with E-state index in [4.69, 9.17) is 0 Å². The first kappa shape index (κ1) is 20.2. The van der Waals surface area contributed by atoms with Crippen molar-refractivity contribution in [3.8, 4) is 0 Å². The van der Waals surface area contributed by atoms with Crippen LogP contribution in [0.1, 0.15) is 39.2 Å². The van der Waals surface area contributed by atoms with E-state index in [2.05, 4.69) is 59.7 Å². The predicted molar refractivity (Wildman–Crippen MR) is 125 cm³/mol. The largest absolute Gasteiger partial charge is 0.309 e. The summed E-state index contributed by atoms with van der Waals surface area (Å²) in [5.41, 5.74) is 5.95. The van der Waals surface area contributed by atoms with Crippen molar-refractivity contribution in [1.82, 2.24) is 24.6 Å². The third-order valence-electron chi connectivity index (χ3n) is 6.21. The van der Waals surface area contributed by atoms with Crippen LogP contribution in [0.15, 0.2) is 41.6 Å². The highest BCUT2D eigenvalue weighted by molar-refractivity contribution is 7.18. The molecule has 0 radical (unpaired) electrons. The lowest BCUT2D eigenvalue weighted by Gasteiger charge is -2.23. The Kier molecular flexibility index (Phi) is 5.24. The molecule has 0 bridgehead atoms. The minimum Gasteiger partial charge on any atom is -0.309 e. The summed E-state index contributed by atoms with van der Waals surface area (Å²) in [6.07, 6.45) is 6.69. The highest BCUT2D eigenvalue weighted by atomic mass is 32.1. The number of hydrogen-bond acceptors (Lipinski definition) is 5. The van der Waals surface area contributed by atoms with Gasteiger partial charge in [-0.15, -0.1) is 11.3 Å². The Labute approximate surface area is 185 Å². The fourth-order valence-corrected chi connectivity index (χ4v) is 5.71. The SMILES string of the molecule is Cc1ccc(Cn2cnc3sc4c(c3c2=O)CC[C@H](NCc2cn(C)nc2C)C4)cc1. The summed E-state index contributed by atoms with van der Waals surface area (Å²) in [6, 6.07) is 8.73. The van der Waals surface area contributed by atoms with E-state index in [1.807, 2.05) is 11.7 Å². The van der Waals surface area contributed by atoms with Gasteiger partial charge in [-0.25, -0.2) is 4.98 Å². The monoisotopic (exact) mass is 433 g/mol. The molecule has 160 valence electrons. The van der Waals surface area contributed by atoms with Crippen molar-refractivity contribution in [2.24, 2.45) is 7.05 Å². The van der Waals surface area contributed by atoms with E-state index >= 15 is 0 Å². The van der Waals surface area contributed by atoms with Crippen molar-refractivity contribution in [3.05, 3.63) is 80.0 Å². The molecule has 3 heterocycles. The van der Waals surface area contributed by atoms with E-state index in [9.17, 15) is 4.79 Å². The quantitative estimate of drug-likeness (QED) is 0.523. The second kappa shape index (κ2) is 8.05. The number of nitrogens with zero attached hydrogens (tertiary/aromatic N) is 4. The number of rotatable bonds is 5. The third kappa shape index (κ3) is 3.95. The van der Waals surface area contributed by atoms with Gasteiger partial charge in [0.1, 0.15) is 4.83 Å². The van der Waals surface area contributed by atoms with E-state index in [1.54, 1.807) is 22.2 Å². The van der Waals surface area contributed by atoms with Gasteiger partial charge < -0.3 is 5.32 Å². The molecule has 1 aromatic carbocycles. The fourth-order valence-electron chi connectivity index (χ4n) is 4.45. The normalized spacial score (nSPS) is 16.0. The standard InChI is InChI=1S/C24H27N5OS/c1-15-4-6-17(7-5-15)12-29-14-26-23-22(24(29)30)20-9-8-19(10-21(20)31-23)25-11-18-13-28(3)27-16(18)2/h4-7,13-14,19,25H,8-12H2,1-3H3/t19-/m0/s1. The Morgan fingerprint density at radius 1 is 1.23 bits per heavy atom. The number of aryl methyl sites for hydroxylation is 4. The van der Waals surface area contributed by atoms with Gasteiger partial charge in [-0.05, 0) is 44.2 Å². The summed E-state index contributed by atoms with van der Waals surface area (Å²) < 4.78 is 3.61. The fraction of sp³-hybridized carbons (Fsp3) is 0.375. The Balaban J connectivity index is 1.36. The smallest absolute Gasteiger partial charge is 0.262 e. The molecule has 7 heteroatoms. The molecule has 6 nitrogen and oxygen atoms in total. The molecule has 1 aliphatic carbocycles. The van der Waals surface area contributed by atoms with Crippen molar-refractivity contribution < 1.29 is 0 Å². The molecule has 31 heavy (non-hydrogen) atoms. The molecule has 1 N–H and O–H groups in total. The van der Waals surface area contributed by atoms with Crippen molar-refractivity contribution in [1.29, 1.82) is 0 Å². The van der Waals surface area contributed by atoms with E-state index < -0.39 is 0 Å². The van der Waals surface area contributed by atoms with Gasteiger partial charge in [-0.2, -0.15) is 5.10 Å². The molecule has 0 saturated heterocycles. The molecule has 1 atom stereocenters. The first-order valence-electron chi connectivity index (χ1n) is 10.8. The Hall–Kier alpha value is -2.77. The minimum absolute atomic E-state index is 0.0838. The third-order valence-corrected chi connectivity index (χ3v) is 7.37. The summed E-state index contributed by atoms with van der Waals surface area (Å²) in [7, 11) is 1.96. The van der Waals surface area contributed by atoms with E-state index in [0.29, 0.717) is 12.6 Å². The van der Waals surface area contributed by atoms with Gasteiger partial charge >= 0.3 is 0 Å². The lowest BCUT2D eigenvalue weighted by atomic mass is 9.93. The van der Waals surface area contributed by atoms with Crippen molar-refractivity contribution in [2.75, 3.05) is 0 Å². The topological polar surface area (TPSA) is 64.7 Å². The average molecular weight is 434 g/mol. The summed E-state index contributed by atoms with van der Waals surface area (Å²) in [5, 5.41) is 8.94. The molecular weight excluding hydrogens is 406 g/mol. The molecule has 5 rings (SSSR count). The minimum atomic E-state index is 0.0838.